The summed E-state index contributed by atoms with van der Waals surface area (Å²) in [6.07, 6.45) is 3.68. The number of halogens is 1. The molecule has 102 valence electrons. The van der Waals surface area contributed by atoms with Crippen LogP contribution in [0.15, 0.2) is 36.7 Å². The molecule has 0 saturated heterocycles. The van der Waals surface area contributed by atoms with Gasteiger partial charge in [0.05, 0.1) is 0 Å². The monoisotopic (exact) mass is 287 g/mol. The van der Waals surface area contributed by atoms with Gasteiger partial charge in [-0.05, 0) is 31.2 Å². The summed E-state index contributed by atoms with van der Waals surface area (Å²) in [5.41, 5.74) is 3.38. The summed E-state index contributed by atoms with van der Waals surface area (Å²) in [7, 11) is 0. The van der Waals surface area contributed by atoms with Gasteiger partial charge >= 0.3 is 0 Å². The molecule has 0 fully saturated rings. The van der Waals surface area contributed by atoms with Crippen molar-refractivity contribution in [1.82, 2.24) is 15.3 Å². The molecule has 4 nitrogen and oxygen atoms in total. The molecular weight excluding hydrogens is 274 g/mol. The van der Waals surface area contributed by atoms with Crippen molar-refractivity contribution >= 4 is 28.4 Å². The average molecular weight is 288 g/mol. The van der Waals surface area contributed by atoms with Crippen LogP contribution in [0.3, 0.4) is 0 Å². The largest absolute Gasteiger partial charge is 0.361 e. The van der Waals surface area contributed by atoms with Crippen molar-refractivity contribution in [3.63, 3.8) is 0 Å². The first kappa shape index (κ1) is 12.8. The summed E-state index contributed by atoms with van der Waals surface area (Å²) in [5.74, 6) is -0.115. The third kappa shape index (κ3) is 2.08. The van der Waals surface area contributed by atoms with Crippen LogP contribution in [0, 0.1) is 0 Å². The molecule has 3 N–H and O–H groups in total. The first-order valence-electron chi connectivity index (χ1n) is 6.43. The molecule has 0 atom stereocenters. The van der Waals surface area contributed by atoms with Gasteiger partial charge in [0.15, 0.2) is 0 Å². The van der Waals surface area contributed by atoms with Gasteiger partial charge < -0.3 is 15.3 Å². The van der Waals surface area contributed by atoms with Gasteiger partial charge in [-0.15, -0.1) is 0 Å². The maximum absolute atomic E-state index is 11.8. The lowest BCUT2D eigenvalue weighted by atomic mass is 10.0. The van der Waals surface area contributed by atoms with E-state index in [-0.39, 0.29) is 5.91 Å². The van der Waals surface area contributed by atoms with E-state index in [0.29, 0.717) is 17.3 Å². The van der Waals surface area contributed by atoms with Crippen molar-refractivity contribution in [1.29, 1.82) is 0 Å². The minimum absolute atomic E-state index is 0.115. The first-order chi connectivity index (χ1) is 9.70. The van der Waals surface area contributed by atoms with Crippen molar-refractivity contribution < 1.29 is 4.79 Å². The van der Waals surface area contributed by atoms with Crippen LogP contribution in [0.1, 0.15) is 17.4 Å². The SMILES string of the molecule is CCNC(=O)c1cc(-c2c(Cl)ccc3[nH]ccc23)c[nH]1. The zero-order valence-corrected chi connectivity index (χ0v) is 11.7. The minimum Gasteiger partial charge on any atom is -0.361 e. The fourth-order valence-corrected chi connectivity index (χ4v) is 2.60. The Bertz CT molecular complexity index is 772. The highest BCUT2D eigenvalue weighted by atomic mass is 35.5. The van der Waals surface area contributed by atoms with Gasteiger partial charge in [-0.3, -0.25) is 4.79 Å². The van der Waals surface area contributed by atoms with E-state index in [0.717, 1.165) is 22.0 Å². The van der Waals surface area contributed by atoms with E-state index in [2.05, 4.69) is 15.3 Å². The molecule has 0 radical (unpaired) electrons. The van der Waals surface area contributed by atoms with Gasteiger partial charge in [0, 0.05) is 46.0 Å². The van der Waals surface area contributed by atoms with E-state index in [1.54, 1.807) is 6.20 Å². The van der Waals surface area contributed by atoms with Gasteiger partial charge in [0.25, 0.3) is 5.91 Å². The zero-order chi connectivity index (χ0) is 14.1. The van der Waals surface area contributed by atoms with Crippen LogP contribution in [0.4, 0.5) is 0 Å². The second-order valence-electron chi connectivity index (χ2n) is 4.52. The number of carbonyl (C=O) groups excluding carboxylic acids is 1. The lowest BCUT2D eigenvalue weighted by Gasteiger charge is -2.03. The Morgan fingerprint density at radius 3 is 2.95 bits per heavy atom. The molecule has 0 aliphatic rings. The Balaban J connectivity index is 2.09. The van der Waals surface area contributed by atoms with Crippen LogP contribution < -0.4 is 5.32 Å². The fourth-order valence-electron chi connectivity index (χ4n) is 2.33. The molecule has 3 rings (SSSR count). The number of fused-ring (bicyclic) bond motifs is 1. The first-order valence-corrected chi connectivity index (χ1v) is 6.81. The Morgan fingerprint density at radius 1 is 1.30 bits per heavy atom. The molecule has 2 heterocycles. The van der Waals surface area contributed by atoms with Crippen molar-refractivity contribution in [2.75, 3.05) is 6.54 Å². The summed E-state index contributed by atoms with van der Waals surface area (Å²) in [5, 5.41) is 4.47. The van der Waals surface area contributed by atoms with E-state index in [1.165, 1.54) is 0 Å². The molecule has 0 unspecified atom stereocenters. The van der Waals surface area contributed by atoms with E-state index >= 15 is 0 Å². The highest BCUT2D eigenvalue weighted by Gasteiger charge is 2.13. The lowest BCUT2D eigenvalue weighted by Crippen LogP contribution is -2.22. The zero-order valence-electron chi connectivity index (χ0n) is 11.0. The molecule has 0 aliphatic heterocycles. The Labute approximate surface area is 121 Å². The smallest absolute Gasteiger partial charge is 0.267 e. The van der Waals surface area contributed by atoms with Crippen LogP contribution in [0.2, 0.25) is 5.02 Å². The van der Waals surface area contributed by atoms with Crippen LogP contribution in [-0.4, -0.2) is 22.4 Å². The van der Waals surface area contributed by atoms with Crippen LogP contribution in [0.25, 0.3) is 22.0 Å². The summed E-state index contributed by atoms with van der Waals surface area (Å²) in [6, 6.07) is 7.60. The normalized spacial score (nSPS) is 10.9. The van der Waals surface area contributed by atoms with E-state index < -0.39 is 0 Å². The number of hydrogen-bond donors (Lipinski definition) is 3. The summed E-state index contributed by atoms with van der Waals surface area (Å²) in [4.78, 5) is 18.0. The highest BCUT2D eigenvalue weighted by molar-refractivity contribution is 6.35. The van der Waals surface area contributed by atoms with Gasteiger partial charge in [0.2, 0.25) is 0 Å². The number of nitrogens with one attached hydrogen (secondary N) is 3. The quantitative estimate of drug-likeness (QED) is 0.677. The van der Waals surface area contributed by atoms with Gasteiger partial charge in [0.1, 0.15) is 5.69 Å². The van der Waals surface area contributed by atoms with E-state index in [4.69, 9.17) is 11.6 Å². The third-order valence-electron chi connectivity index (χ3n) is 3.24. The van der Waals surface area contributed by atoms with Gasteiger partial charge in [-0.1, -0.05) is 11.6 Å². The average Bonchev–Trinajstić information content (AvgIpc) is 3.07. The number of H-pyrrole nitrogens is 2. The maximum Gasteiger partial charge on any atom is 0.267 e. The Hall–Kier alpha value is -2.20. The molecule has 3 aromatic rings. The van der Waals surface area contributed by atoms with E-state index in [1.807, 2.05) is 37.4 Å². The van der Waals surface area contributed by atoms with Crippen LogP contribution in [0.5, 0.6) is 0 Å². The lowest BCUT2D eigenvalue weighted by molar-refractivity contribution is 0.0951. The molecule has 0 spiro atoms. The number of rotatable bonds is 3. The van der Waals surface area contributed by atoms with Crippen molar-refractivity contribution in [3.8, 4) is 11.1 Å². The summed E-state index contributed by atoms with van der Waals surface area (Å²) < 4.78 is 0. The topological polar surface area (TPSA) is 60.7 Å². The molecule has 0 saturated carbocycles. The number of aromatic nitrogens is 2. The molecule has 1 amide bonds. The number of carbonyl (C=O) groups is 1. The second kappa shape index (κ2) is 5.06. The molecule has 0 aliphatic carbocycles. The number of benzene rings is 1. The minimum atomic E-state index is -0.115. The molecule has 1 aromatic carbocycles. The van der Waals surface area contributed by atoms with Crippen molar-refractivity contribution in [2.45, 2.75) is 6.92 Å². The summed E-state index contributed by atoms with van der Waals surface area (Å²) >= 11 is 6.32. The molecular formula is C15H14ClN3O. The van der Waals surface area contributed by atoms with Crippen molar-refractivity contribution in [3.05, 3.63) is 47.4 Å². The summed E-state index contributed by atoms with van der Waals surface area (Å²) in [6.45, 7) is 2.49. The van der Waals surface area contributed by atoms with Crippen LogP contribution >= 0.6 is 11.6 Å². The predicted octanol–water partition coefficient (Wildman–Crippen LogP) is 3.57. The molecule has 20 heavy (non-hydrogen) atoms. The number of hydrogen-bond acceptors (Lipinski definition) is 1. The highest BCUT2D eigenvalue weighted by Crippen LogP contribution is 2.35. The third-order valence-corrected chi connectivity index (χ3v) is 3.55. The molecule has 0 bridgehead atoms. The number of amides is 1. The maximum atomic E-state index is 11.8. The molecule has 2 aromatic heterocycles. The van der Waals surface area contributed by atoms with Gasteiger partial charge in [-0.25, -0.2) is 0 Å². The fraction of sp³-hybridized carbons (Fsp3) is 0.133. The number of aromatic amines is 2. The predicted molar refractivity (Wildman–Crippen MR) is 81.1 cm³/mol. The van der Waals surface area contributed by atoms with Gasteiger partial charge in [-0.2, -0.15) is 0 Å². The Morgan fingerprint density at radius 2 is 2.15 bits per heavy atom. The second-order valence-corrected chi connectivity index (χ2v) is 4.93. The van der Waals surface area contributed by atoms with Crippen molar-refractivity contribution in [2.24, 2.45) is 0 Å². The van der Waals surface area contributed by atoms with Crippen LogP contribution in [-0.2, 0) is 0 Å². The molecule has 5 heteroatoms. The standard InChI is InChI=1S/C15H14ClN3O/c1-2-17-15(20)13-7-9(8-19-13)14-10-5-6-18-12(10)4-3-11(14)16/h3-8,18-19H,2H2,1H3,(H,17,20). The van der Waals surface area contributed by atoms with E-state index in [9.17, 15) is 4.79 Å². The Kier molecular flexibility index (Phi) is 3.24.